The van der Waals surface area contributed by atoms with Crippen molar-refractivity contribution < 1.29 is 14.6 Å². The quantitative estimate of drug-likeness (QED) is 0.797. The van der Waals surface area contributed by atoms with Crippen molar-refractivity contribution in [1.82, 2.24) is 4.90 Å². The maximum Gasteiger partial charge on any atom is 0.232 e. The lowest BCUT2D eigenvalue weighted by molar-refractivity contribution is -0.128. The lowest BCUT2D eigenvalue weighted by Crippen LogP contribution is -2.37. The summed E-state index contributed by atoms with van der Waals surface area (Å²) in [6.07, 6.45) is -0.643. The van der Waals surface area contributed by atoms with Crippen molar-refractivity contribution in [3.63, 3.8) is 0 Å². The summed E-state index contributed by atoms with van der Waals surface area (Å²) in [5.41, 5.74) is 1.13. The van der Waals surface area contributed by atoms with E-state index in [2.05, 4.69) is 0 Å². The molecule has 0 aliphatic rings. The monoisotopic (exact) mass is 317 g/mol. The van der Waals surface area contributed by atoms with Gasteiger partial charge in [0.25, 0.3) is 0 Å². The molecule has 0 aliphatic carbocycles. The Morgan fingerprint density at radius 3 is 2.70 bits per heavy atom. The lowest BCUT2D eigenvalue weighted by Gasteiger charge is -2.20. The minimum Gasteiger partial charge on any atom is -0.389 e. The van der Waals surface area contributed by atoms with E-state index in [-0.39, 0.29) is 19.1 Å². The Kier molecular flexibility index (Phi) is 7.99. The molecule has 112 valence electrons. The first-order valence-electron chi connectivity index (χ1n) is 6.26. The van der Waals surface area contributed by atoms with Crippen LogP contribution >= 0.6 is 23.4 Å². The van der Waals surface area contributed by atoms with Crippen LogP contribution in [0.2, 0.25) is 5.02 Å². The van der Waals surface area contributed by atoms with Crippen LogP contribution in [-0.2, 0) is 15.3 Å². The number of carbonyl (C=O) groups is 1. The van der Waals surface area contributed by atoms with E-state index in [1.165, 1.54) is 12.0 Å². The van der Waals surface area contributed by atoms with E-state index in [4.69, 9.17) is 16.3 Å². The molecule has 20 heavy (non-hydrogen) atoms. The van der Waals surface area contributed by atoms with Gasteiger partial charge in [-0.3, -0.25) is 4.79 Å². The summed E-state index contributed by atoms with van der Waals surface area (Å²) >= 11 is 7.35. The molecule has 1 unspecified atom stereocenters. The molecule has 0 spiro atoms. The topological polar surface area (TPSA) is 49.8 Å². The molecule has 0 saturated heterocycles. The molecule has 1 aromatic carbocycles. The number of benzene rings is 1. The predicted octanol–water partition coefficient (Wildman–Crippen LogP) is 2.04. The van der Waals surface area contributed by atoms with Crippen molar-refractivity contribution >= 4 is 29.3 Å². The molecular formula is C14H20ClNO3S. The van der Waals surface area contributed by atoms with Gasteiger partial charge in [0.15, 0.2) is 0 Å². The number of thioether (sulfide) groups is 1. The second-order valence-corrected chi connectivity index (χ2v) is 5.92. The lowest BCUT2D eigenvalue weighted by atomic mass is 10.2. The first kappa shape index (κ1) is 17.3. The largest absolute Gasteiger partial charge is 0.389 e. The fourth-order valence-corrected chi connectivity index (χ4v) is 2.66. The molecule has 0 fully saturated rings. The molecule has 0 bridgehead atoms. The third kappa shape index (κ3) is 6.61. The number of amides is 1. The van der Waals surface area contributed by atoms with Crippen molar-refractivity contribution in [2.24, 2.45) is 0 Å². The highest BCUT2D eigenvalue weighted by atomic mass is 35.5. The molecule has 1 amide bonds. The second kappa shape index (κ2) is 9.23. The Morgan fingerprint density at radius 1 is 1.45 bits per heavy atom. The van der Waals surface area contributed by atoms with Gasteiger partial charge in [-0.15, -0.1) is 11.8 Å². The SMILES string of the molecule is COCC(O)CN(C)C(=O)CSCc1ccc(Cl)cc1. The van der Waals surface area contributed by atoms with Crippen LogP contribution in [0.3, 0.4) is 0 Å². The van der Waals surface area contributed by atoms with E-state index in [0.29, 0.717) is 10.8 Å². The Labute approximate surface area is 129 Å². The van der Waals surface area contributed by atoms with E-state index in [0.717, 1.165) is 11.3 Å². The molecule has 1 aromatic rings. The van der Waals surface area contributed by atoms with Crippen LogP contribution in [0.25, 0.3) is 0 Å². The van der Waals surface area contributed by atoms with Crippen molar-refractivity contribution in [3.8, 4) is 0 Å². The van der Waals surface area contributed by atoms with Gasteiger partial charge >= 0.3 is 0 Å². The number of rotatable bonds is 8. The van der Waals surface area contributed by atoms with E-state index in [1.54, 1.807) is 18.8 Å². The van der Waals surface area contributed by atoms with Gasteiger partial charge in [0.2, 0.25) is 5.91 Å². The Balaban J connectivity index is 2.26. The summed E-state index contributed by atoms with van der Waals surface area (Å²) in [5.74, 6) is 1.15. The number of hydrogen-bond donors (Lipinski definition) is 1. The first-order chi connectivity index (χ1) is 9.52. The highest BCUT2D eigenvalue weighted by Gasteiger charge is 2.13. The van der Waals surface area contributed by atoms with Crippen molar-refractivity contribution in [1.29, 1.82) is 0 Å². The number of ether oxygens (including phenoxy) is 1. The standard InChI is InChI=1S/C14H20ClNO3S/c1-16(7-13(17)8-19-2)14(18)10-20-9-11-3-5-12(15)6-4-11/h3-6,13,17H,7-10H2,1-2H3. The highest BCUT2D eigenvalue weighted by Crippen LogP contribution is 2.15. The van der Waals surface area contributed by atoms with Crippen LogP contribution in [0.5, 0.6) is 0 Å². The average Bonchev–Trinajstić information content (AvgIpc) is 2.41. The molecule has 0 aromatic heterocycles. The summed E-state index contributed by atoms with van der Waals surface area (Å²) in [6.45, 7) is 0.518. The van der Waals surface area contributed by atoms with Crippen LogP contribution < -0.4 is 0 Å². The van der Waals surface area contributed by atoms with Gasteiger partial charge in [-0.2, -0.15) is 0 Å². The van der Waals surface area contributed by atoms with E-state index < -0.39 is 6.10 Å². The van der Waals surface area contributed by atoms with Crippen molar-refractivity contribution in [2.45, 2.75) is 11.9 Å². The summed E-state index contributed by atoms with van der Waals surface area (Å²) in [4.78, 5) is 13.4. The normalized spacial score (nSPS) is 12.2. The minimum atomic E-state index is -0.643. The Morgan fingerprint density at radius 2 is 2.10 bits per heavy atom. The molecular weight excluding hydrogens is 298 g/mol. The van der Waals surface area contributed by atoms with Gasteiger partial charge in [-0.25, -0.2) is 0 Å². The number of hydrogen-bond acceptors (Lipinski definition) is 4. The fraction of sp³-hybridized carbons (Fsp3) is 0.500. The average molecular weight is 318 g/mol. The van der Waals surface area contributed by atoms with Gasteiger partial charge in [0.1, 0.15) is 0 Å². The number of aliphatic hydroxyl groups excluding tert-OH is 1. The van der Waals surface area contributed by atoms with Gasteiger partial charge in [-0.1, -0.05) is 23.7 Å². The smallest absolute Gasteiger partial charge is 0.232 e. The van der Waals surface area contributed by atoms with Crippen LogP contribution in [-0.4, -0.2) is 55.1 Å². The van der Waals surface area contributed by atoms with Gasteiger partial charge in [0, 0.05) is 31.5 Å². The molecule has 0 radical (unpaired) electrons. The second-order valence-electron chi connectivity index (χ2n) is 4.50. The van der Waals surface area contributed by atoms with Crippen LogP contribution in [0.4, 0.5) is 0 Å². The summed E-state index contributed by atoms with van der Waals surface area (Å²) < 4.78 is 4.83. The van der Waals surface area contributed by atoms with Gasteiger partial charge in [0.05, 0.1) is 18.5 Å². The summed E-state index contributed by atoms with van der Waals surface area (Å²) in [5, 5.41) is 10.3. The van der Waals surface area contributed by atoms with Crippen molar-refractivity contribution in [3.05, 3.63) is 34.9 Å². The van der Waals surface area contributed by atoms with Gasteiger partial charge < -0.3 is 14.7 Å². The molecule has 1 N–H and O–H groups in total. The molecule has 1 rings (SSSR count). The molecule has 0 saturated carbocycles. The van der Waals surface area contributed by atoms with Gasteiger partial charge in [-0.05, 0) is 17.7 Å². The predicted molar refractivity (Wildman–Crippen MR) is 83.1 cm³/mol. The zero-order chi connectivity index (χ0) is 15.0. The highest BCUT2D eigenvalue weighted by molar-refractivity contribution is 7.99. The Hall–Kier alpha value is -0.750. The number of methoxy groups -OCH3 is 1. The van der Waals surface area contributed by atoms with E-state index in [9.17, 15) is 9.90 Å². The molecule has 1 atom stereocenters. The first-order valence-corrected chi connectivity index (χ1v) is 7.79. The number of carbonyl (C=O) groups excluding carboxylic acids is 1. The number of aliphatic hydroxyl groups is 1. The number of likely N-dealkylation sites (N-methyl/N-ethyl adjacent to an activating group) is 1. The molecule has 6 heteroatoms. The number of nitrogens with zero attached hydrogens (tertiary/aromatic N) is 1. The zero-order valence-electron chi connectivity index (χ0n) is 11.7. The summed E-state index contributed by atoms with van der Waals surface area (Å²) in [7, 11) is 3.21. The number of halogens is 1. The van der Waals surface area contributed by atoms with Crippen LogP contribution in [0.15, 0.2) is 24.3 Å². The minimum absolute atomic E-state index is 0.000818. The van der Waals surface area contributed by atoms with Crippen LogP contribution in [0, 0.1) is 0 Å². The molecule has 0 heterocycles. The van der Waals surface area contributed by atoms with Crippen molar-refractivity contribution in [2.75, 3.05) is 33.1 Å². The Bertz CT molecular complexity index is 413. The summed E-state index contributed by atoms with van der Waals surface area (Å²) in [6, 6.07) is 7.58. The third-order valence-corrected chi connectivity index (χ3v) is 3.92. The zero-order valence-corrected chi connectivity index (χ0v) is 13.3. The maximum absolute atomic E-state index is 11.9. The third-order valence-electron chi connectivity index (χ3n) is 2.68. The molecule has 0 aliphatic heterocycles. The van der Waals surface area contributed by atoms with E-state index in [1.807, 2.05) is 24.3 Å². The maximum atomic E-state index is 11.9. The van der Waals surface area contributed by atoms with E-state index >= 15 is 0 Å². The fourth-order valence-electron chi connectivity index (χ4n) is 1.61. The molecule has 4 nitrogen and oxygen atoms in total. The van der Waals surface area contributed by atoms with Crippen LogP contribution in [0.1, 0.15) is 5.56 Å².